The van der Waals surface area contributed by atoms with E-state index >= 15 is 0 Å². The van der Waals surface area contributed by atoms with Gasteiger partial charge in [-0.05, 0) is 0 Å². The summed E-state index contributed by atoms with van der Waals surface area (Å²) in [6, 6.07) is 0. The fourth-order valence-electron chi connectivity index (χ4n) is 0.746. The number of H-pyrrole nitrogens is 2. The SMILES string of the molecule is O=c1[nH]nc(NCC(F)(F)C(F)F)c(=O)[nH]1. The first kappa shape index (κ1) is 12.2. The van der Waals surface area contributed by atoms with Crippen LogP contribution in [-0.2, 0) is 0 Å². The zero-order chi connectivity index (χ0) is 12.3. The molecule has 1 rings (SSSR count). The minimum Gasteiger partial charge on any atom is -0.358 e. The largest absolute Gasteiger partial charge is 0.358 e. The number of hydrogen-bond donors (Lipinski definition) is 3. The molecule has 0 atom stereocenters. The standard InChI is InChI=1S/C6H6F4N4O2/c7-4(8)6(9,10)1-11-2-3(15)12-5(16)14-13-2/h4H,1H2,(H,11,13)(H2,12,14,15,16). The van der Waals surface area contributed by atoms with Crippen molar-refractivity contribution in [2.75, 3.05) is 11.9 Å². The fraction of sp³-hybridized carbons (Fsp3) is 0.500. The zero-order valence-corrected chi connectivity index (χ0v) is 7.56. The van der Waals surface area contributed by atoms with E-state index in [9.17, 15) is 27.2 Å². The third-order valence-electron chi connectivity index (χ3n) is 1.52. The summed E-state index contributed by atoms with van der Waals surface area (Å²) >= 11 is 0. The normalized spacial score (nSPS) is 11.8. The van der Waals surface area contributed by atoms with E-state index in [2.05, 4.69) is 5.10 Å². The Morgan fingerprint density at radius 1 is 1.38 bits per heavy atom. The number of anilines is 1. The third kappa shape index (κ3) is 2.81. The van der Waals surface area contributed by atoms with Crippen LogP contribution in [0.25, 0.3) is 0 Å². The number of halogens is 4. The number of aromatic amines is 2. The highest BCUT2D eigenvalue weighted by Crippen LogP contribution is 2.22. The predicted octanol–water partition coefficient (Wildman–Crippen LogP) is -0.229. The van der Waals surface area contributed by atoms with Gasteiger partial charge in [-0.15, -0.1) is 5.10 Å². The van der Waals surface area contributed by atoms with Crippen LogP contribution in [0.15, 0.2) is 9.59 Å². The van der Waals surface area contributed by atoms with Crippen molar-refractivity contribution in [3.8, 4) is 0 Å². The van der Waals surface area contributed by atoms with E-state index in [-0.39, 0.29) is 0 Å². The Labute approximate surface area is 84.7 Å². The molecule has 0 unspecified atom stereocenters. The minimum atomic E-state index is -4.29. The van der Waals surface area contributed by atoms with Gasteiger partial charge in [0.2, 0.25) is 5.82 Å². The topological polar surface area (TPSA) is 90.6 Å². The smallest absolute Gasteiger partial charge is 0.342 e. The molecule has 0 spiro atoms. The lowest BCUT2D eigenvalue weighted by atomic mass is 10.3. The first-order chi connectivity index (χ1) is 7.33. The maximum Gasteiger partial charge on any atom is 0.342 e. The van der Waals surface area contributed by atoms with E-state index in [4.69, 9.17) is 0 Å². The molecule has 6 nitrogen and oxygen atoms in total. The molecular weight excluding hydrogens is 236 g/mol. The van der Waals surface area contributed by atoms with Gasteiger partial charge in [-0.1, -0.05) is 0 Å². The average Bonchev–Trinajstić information content (AvgIpc) is 2.16. The summed E-state index contributed by atoms with van der Waals surface area (Å²) < 4.78 is 48.3. The summed E-state index contributed by atoms with van der Waals surface area (Å²) in [5.41, 5.74) is -2.01. The molecule has 1 heterocycles. The summed E-state index contributed by atoms with van der Waals surface area (Å²) in [5, 5.41) is 6.53. The Morgan fingerprint density at radius 2 is 2.00 bits per heavy atom. The van der Waals surface area contributed by atoms with Crippen LogP contribution < -0.4 is 16.6 Å². The molecular formula is C6H6F4N4O2. The maximum atomic E-state index is 12.4. The van der Waals surface area contributed by atoms with Gasteiger partial charge in [-0.25, -0.2) is 18.7 Å². The molecule has 0 bridgehead atoms. The van der Waals surface area contributed by atoms with Crippen molar-refractivity contribution < 1.29 is 17.6 Å². The highest BCUT2D eigenvalue weighted by Gasteiger charge is 2.40. The van der Waals surface area contributed by atoms with Gasteiger partial charge in [0.15, 0.2) is 0 Å². The number of hydrogen-bond acceptors (Lipinski definition) is 4. The Morgan fingerprint density at radius 3 is 2.50 bits per heavy atom. The molecule has 1 aromatic rings. The van der Waals surface area contributed by atoms with Gasteiger partial charge in [-0.3, -0.25) is 9.78 Å². The summed E-state index contributed by atoms with van der Waals surface area (Å²) in [6.45, 7) is -1.47. The minimum absolute atomic E-state index is 0.667. The highest BCUT2D eigenvalue weighted by molar-refractivity contribution is 5.29. The number of aromatic nitrogens is 3. The van der Waals surface area contributed by atoms with Gasteiger partial charge in [-0.2, -0.15) is 8.78 Å². The summed E-state index contributed by atoms with van der Waals surface area (Å²) in [6.07, 6.45) is -3.86. The molecule has 0 radical (unpaired) electrons. The third-order valence-corrected chi connectivity index (χ3v) is 1.52. The van der Waals surface area contributed by atoms with Crippen LogP contribution in [0.2, 0.25) is 0 Å². The van der Waals surface area contributed by atoms with Crippen LogP contribution in [0.3, 0.4) is 0 Å². The summed E-state index contributed by atoms with van der Waals surface area (Å²) in [7, 11) is 0. The maximum absolute atomic E-state index is 12.4. The van der Waals surface area contributed by atoms with E-state index < -0.39 is 36.0 Å². The second kappa shape index (κ2) is 4.33. The van der Waals surface area contributed by atoms with Crippen molar-refractivity contribution in [2.24, 2.45) is 0 Å². The van der Waals surface area contributed by atoms with Crippen LogP contribution in [0.5, 0.6) is 0 Å². The van der Waals surface area contributed by atoms with Gasteiger partial charge >= 0.3 is 18.0 Å². The van der Waals surface area contributed by atoms with E-state index in [1.807, 2.05) is 0 Å². The molecule has 0 amide bonds. The number of nitrogens with zero attached hydrogens (tertiary/aromatic N) is 1. The average molecular weight is 242 g/mol. The molecule has 90 valence electrons. The quantitative estimate of drug-likeness (QED) is 0.636. The molecule has 0 aliphatic carbocycles. The van der Waals surface area contributed by atoms with Gasteiger partial charge in [0, 0.05) is 0 Å². The van der Waals surface area contributed by atoms with E-state index in [1.165, 1.54) is 0 Å². The Hall–Kier alpha value is -1.87. The molecule has 0 aliphatic heterocycles. The Bertz CT molecular complexity index is 468. The van der Waals surface area contributed by atoms with Crippen LogP contribution >= 0.6 is 0 Å². The second-order valence-electron chi connectivity index (χ2n) is 2.77. The lowest BCUT2D eigenvalue weighted by Crippen LogP contribution is -2.37. The predicted molar refractivity (Wildman–Crippen MR) is 44.9 cm³/mol. The van der Waals surface area contributed by atoms with Gasteiger partial charge < -0.3 is 5.32 Å². The molecule has 10 heteroatoms. The van der Waals surface area contributed by atoms with Crippen molar-refractivity contribution in [1.29, 1.82) is 0 Å². The first-order valence-electron chi connectivity index (χ1n) is 3.92. The lowest BCUT2D eigenvalue weighted by Gasteiger charge is -2.15. The molecule has 0 aliphatic rings. The van der Waals surface area contributed by atoms with Gasteiger partial charge in [0.25, 0.3) is 5.56 Å². The second-order valence-corrected chi connectivity index (χ2v) is 2.77. The van der Waals surface area contributed by atoms with E-state index in [1.54, 1.807) is 15.4 Å². The van der Waals surface area contributed by atoms with Crippen molar-refractivity contribution in [3.05, 3.63) is 20.8 Å². The molecule has 0 saturated carbocycles. The number of alkyl halides is 4. The van der Waals surface area contributed by atoms with Crippen molar-refractivity contribution in [2.45, 2.75) is 12.3 Å². The van der Waals surface area contributed by atoms with Crippen molar-refractivity contribution in [3.63, 3.8) is 0 Å². The Kier molecular flexibility index (Phi) is 3.30. The number of nitrogens with one attached hydrogen (secondary N) is 3. The van der Waals surface area contributed by atoms with Crippen LogP contribution in [-0.4, -0.2) is 34.1 Å². The number of rotatable bonds is 4. The van der Waals surface area contributed by atoms with E-state index in [0.717, 1.165) is 0 Å². The Balaban J connectivity index is 2.76. The van der Waals surface area contributed by atoms with Crippen LogP contribution in [0.4, 0.5) is 23.4 Å². The van der Waals surface area contributed by atoms with Gasteiger partial charge in [0.1, 0.15) is 0 Å². The molecule has 0 fully saturated rings. The van der Waals surface area contributed by atoms with Crippen LogP contribution in [0, 0.1) is 0 Å². The summed E-state index contributed by atoms with van der Waals surface area (Å²) in [4.78, 5) is 23.1. The van der Waals surface area contributed by atoms with E-state index in [0.29, 0.717) is 0 Å². The molecule has 1 aromatic heterocycles. The molecule has 3 N–H and O–H groups in total. The summed E-state index contributed by atoms with van der Waals surface area (Å²) in [5.74, 6) is -4.95. The molecule has 0 saturated heterocycles. The molecule has 16 heavy (non-hydrogen) atoms. The molecule has 0 aromatic carbocycles. The lowest BCUT2D eigenvalue weighted by molar-refractivity contribution is -0.117. The van der Waals surface area contributed by atoms with Crippen LogP contribution in [0.1, 0.15) is 0 Å². The highest BCUT2D eigenvalue weighted by atomic mass is 19.3. The zero-order valence-electron chi connectivity index (χ0n) is 7.56. The fourth-order valence-corrected chi connectivity index (χ4v) is 0.746. The van der Waals surface area contributed by atoms with Crippen molar-refractivity contribution in [1.82, 2.24) is 15.2 Å². The monoisotopic (exact) mass is 242 g/mol. The van der Waals surface area contributed by atoms with Gasteiger partial charge in [0.05, 0.1) is 6.54 Å². The first-order valence-corrected chi connectivity index (χ1v) is 3.92. The van der Waals surface area contributed by atoms with Crippen molar-refractivity contribution >= 4 is 5.82 Å².